The molecule has 0 saturated heterocycles. The van der Waals surface area contributed by atoms with Crippen molar-refractivity contribution in [3.8, 4) is 22.9 Å². The Bertz CT molecular complexity index is 1000. The summed E-state index contributed by atoms with van der Waals surface area (Å²) in [5, 5.41) is 13.8. The summed E-state index contributed by atoms with van der Waals surface area (Å²) in [4.78, 5) is 0. The van der Waals surface area contributed by atoms with Gasteiger partial charge in [-0.3, -0.25) is 0 Å². The van der Waals surface area contributed by atoms with E-state index in [1.807, 2.05) is 18.2 Å². The molecule has 2 aliphatic heterocycles. The molecular formula is C17H11FN4O2S. The first-order chi connectivity index (χ1) is 12.3. The van der Waals surface area contributed by atoms with Crippen LogP contribution >= 0.6 is 11.8 Å². The fourth-order valence-electron chi connectivity index (χ4n) is 2.72. The molecule has 5 rings (SSSR count). The van der Waals surface area contributed by atoms with Crippen LogP contribution < -0.4 is 9.47 Å². The third-order valence-corrected chi connectivity index (χ3v) is 4.91. The fraction of sp³-hybridized carbons (Fsp3) is 0.118. The van der Waals surface area contributed by atoms with Gasteiger partial charge in [-0.15, -0.1) is 10.2 Å². The molecule has 25 heavy (non-hydrogen) atoms. The Morgan fingerprint density at radius 2 is 1.76 bits per heavy atom. The maximum atomic E-state index is 13.2. The molecule has 0 spiro atoms. The molecule has 2 aromatic carbocycles. The van der Waals surface area contributed by atoms with Gasteiger partial charge >= 0.3 is 0 Å². The van der Waals surface area contributed by atoms with Crippen molar-refractivity contribution < 1.29 is 13.9 Å². The summed E-state index contributed by atoms with van der Waals surface area (Å²) in [5.74, 6) is 2.44. The van der Waals surface area contributed by atoms with Gasteiger partial charge in [0.15, 0.2) is 17.3 Å². The number of fused-ring (bicyclic) bond motifs is 2. The molecule has 0 N–H and O–H groups in total. The number of nitrogens with zero attached hydrogens (tertiary/aromatic N) is 4. The van der Waals surface area contributed by atoms with Crippen molar-refractivity contribution in [3.63, 3.8) is 0 Å². The van der Waals surface area contributed by atoms with Gasteiger partial charge in [0.1, 0.15) is 5.82 Å². The lowest BCUT2D eigenvalue weighted by molar-refractivity contribution is 0.174. The van der Waals surface area contributed by atoms with Crippen LogP contribution in [0.4, 0.5) is 4.39 Å². The molecule has 0 atom stereocenters. The van der Waals surface area contributed by atoms with Crippen LogP contribution in [0.1, 0.15) is 5.56 Å². The molecule has 8 heteroatoms. The van der Waals surface area contributed by atoms with Crippen LogP contribution in [0, 0.1) is 5.82 Å². The molecular weight excluding hydrogens is 343 g/mol. The number of halogens is 1. The van der Waals surface area contributed by atoms with E-state index in [1.54, 1.807) is 28.6 Å². The van der Waals surface area contributed by atoms with Gasteiger partial charge in [0.25, 0.3) is 0 Å². The molecule has 0 unspecified atom stereocenters. The summed E-state index contributed by atoms with van der Waals surface area (Å²) < 4.78 is 25.6. The zero-order valence-electron chi connectivity index (χ0n) is 12.8. The quantitative estimate of drug-likeness (QED) is 0.707. The molecule has 0 bridgehead atoms. The molecule has 6 nitrogen and oxygen atoms in total. The second kappa shape index (κ2) is 5.59. The second-order valence-corrected chi connectivity index (χ2v) is 6.47. The van der Waals surface area contributed by atoms with Crippen LogP contribution in [0.25, 0.3) is 11.4 Å². The van der Waals surface area contributed by atoms with Crippen LogP contribution in [-0.2, 0) is 0 Å². The standard InChI is InChI=1S/C17H11FN4O2S/c18-12-4-1-10(2-5-12)16-19-20-17-22(16)21-13(8-25-17)11-3-6-14-15(7-11)24-9-23-14/h1-7H,8-9H2. The van der Waals surface area contributed by atoms with E-state index < -0.39 is 0 Å². The zero-order chi connectivity index (χ0) is 16.8. The first-order valence-corrected chi connectivity index (χ1v) is 8.58. The Hall–Kier alpha value is -2.87. The van der Waals surface area contributed by atoms with E-state index in [-0.39, 0.29) is 12.6 Å². The predicted octanol–water partition coefficient (Wildman–Crippen LogP) is 3.17. The van der Waals surface area contributed by atoms with Crippen molar-refractivity contribution in [2.24, 2.45) is 5.10 Å². The average molecular weight is 354 g/mol. The highest BCUT2D eigenvalue weighted by Crippen LogP contribution is 2.34. The summed E-state index contributed by atoms with van der Waals surface area (Å²) in [6, 6.07) is 11.9. The van der Waals surface area contributed by atoms with E-state index in [1.165, 1.54) is 12.1 Å². The number of hydrogen-bond donors (Lipinski definition) is 0. The van der Waals surface area contributed by atoms with E-state index in [4.69, 9.17) is 14.6 Å². The number of rotatable bonds is 2. The first-order valence-electron chi connectivity index (χ1n) is 7.60. The van der Waals surface area contributed by atoms with Gasteiger partial charge in [0, 0.05) is 16.9 Å². The summed E-state index contributed by atoms with van der Waals surface area (Å²) in [5.41, 5.74) is 2.61. The lowest BCUT2D eigenvalue weighted by Crippen LogP contribution is -2.13. The first kappa shape index (κ1) is 14.5. The molecule has 2 aliphatic rings. The Morgan fingerprint density at radius 3 is 2.64 bits per heavy atom. The summed E-state index contributed by atoms with van der Waals surface area (Å²) in [7, 11) is 0. The van der Waals surface area contributed by atoms with Crippen LogP contribution in [0.2, 0.25) is 0 Å². The highest BCUT2D eigenvalue weighted by molar-refractivity contribution is 7.99. The predicted molar refractivity (Wildman–Crippen MR) is 90.6 cm³/mol. The highest BCUT2D eigenvalue weighted by atomic mass is 32.2. The van der Waals surface area contributed by atoms with E-state index in [2.05, 4.69) is 10.2 Å². The molecule has 124 valence electrons. The van der Waals surface area contributed by atoms with Gasteiger partial charge in [-0.2, -0.15) is 9.78 Å². The Kier molecular flexibility index (Phi) is 3.24. The van der Waals surface area contributed by atoms with E-state index in [9.17, 15) is 4.39 Å². The Balaban J connectivity index is 1.57. The number of ether oxygens (including phenoxy) is 2. The number of aromatic nitrogens is 3. The minimum absolute atomic E-state index is 0.240. The molecule has 0 radical (unpaired) electrons. The lowest BCUT2D eigenvalue weighted by Gasteiger charge is -2.14. The van der Waals surface area contributed by atoms with E-state index >= 15 is 0 Å². The van der Waals surface area contributed by atoms with Crippen molar-refractivity contribution >= 4 is 17.5 Å². The normalized spacial score (nSPS) is 15.0. The topological polar surface area (TPSA) is 61.5 Å². The average Bonchev–Trinajstić information content (AvgIpc) is 3.28. The summed E-state index contributed by atoms with van der Waals surface area (Å²) in [6.45, 7) is 0.240. The third-order valence-electron chi connectivity index (χ3n) is 3.98. The molecule has 0 fully saturated rings. The SMILES string of the molecule is Fc1ccc(-c2nnc3n2N=C(c2ccc4c(c2)OCO4)CS3)cc1. The highest BCUT2D eigenvalue weighted by Gasteiger charge is 2.22. The third kappa shape index (κ3) is 2.45. The van der Waals surface area contributed by atoms with Gasteiger partial charge in [0.2, 0.25) is 11.9 Å². The molecule has 0 amide bonds. The number of hydrogen-bond acceptors (Lipinski definition) is 6. The summed E-state index contributed by atoms with van der Waals surface area (Å²) >= 11 is 1.56. The van der Waals surface area contributed by atoms with Gasteiger partial charge in [0.05, 0.1) is 5.71 Å². The largest absolute Gasteiger partial charge is 0.454 e. The smallest absolute Gasteiger partial charge is 0.231 e. The maximum Gasteiger partial charge on any atom is 0.231 e. The molecule has 3 heterocycles. The van der Waals surface area contributed by atoms with E-state index in [0.717, 1.165) is 28.3 Å². The van der Waals surface area contributed by atoms with Crippen molar-refractivity contribution in [3.05, 3.63) is 53.8 Å². The van der Waals surface area contributed by atoms with Crippen LogP contribution in [-0.4, -0.2) is 33.1 Å². The fourth-order valence-corrected chi connectivity index (χ4v) is 3.56. The molecule has 0 saturated carbocycles. The van der Waals surface area contributed by atoms with Gasteiger partial charge in [-0.05, 0) is 42.5 Å². The van der Waals surface area contributed by atoms with Gasteiger partial charge in [-0.1, -0.05) is 11.8 Å². The lowest BCUT2D eigenvalue weighted by atomic mass is 10.1. The van der Waals surface area contributed by atoms with Crippen molar-refractivity contribution in [2.75, 3.05) is 12.5 Å². The molecule has 3 aromatic rings. The minimum atomic E-state index is -0.291. The van der Waals surface area contributed by atoms with Crippen molar-refractivity contribution in [1.82, 2.24) is 14.9 Å². The van der Waals surface area contributed by atoms with E-state index in [0.29, 0.717) is 16.7 Å². The molecule has 1 aromatic heterocycles. The maximum absolute atomic E-state index is 13.2. The van der Waals surface area contributed by atoms with Gasteiger partial charge < -0.3 is 9.47 Å². The van der Waals surface area contributed by atoms with Crippen molar-refractivity contribution in [1.29, 1.82) is 0 Å². The zero-order valence-corrected chi connectivity index (χ0v) is 13.7. The Labute approximate surface area is 146 Å². The second-order valence-electron chi connectivity index (χ2n) is 5.53. The number of benzene rings is 2. The Morgan fingerprint density at radius 1 is 0.960 bits per heavy atom. The van der Waals surface area contributed by atoms with Crippen LogP contribution in [0.3, 0.4) is 0 Å². The molecule has 0 aliphatic carbocycles. The summed E-state index contributed by atoms with van der Waals surface area (Å²) in [6.07, 6.45) is 0. The number of thioether (sulfide) groups is 1. The monoisotopic (exact) mass is 354 g/mol. The minimum Gasteiger partial charge on any atom is -0.454 e. The van der Waals surface area contributed by atoms with Crippen LogP contribution in [0.5, 0.6) is 11.5 Å². The van der Waals surface area contributed by atoms with Crippen molar-refractivity contribution in [2.45, 2.75) is 5.16 Å². The van der Waals surface area contributed by atoms with Gasteiger partial charge in [-0.25, -0.2) is 4.39 Å². The van der Waals surface area contributed by atoms with Crippen LogP contribution in [0.15, 0.2) is 52.7 Å².